The highest BCUT2D eigenvalue weighted by molar-refractivity contribution is 14.1. The van der Waals surface area contributed by atoms with E-state index in [-0.39, 0.29) is 0 Å². The molecule has 0 aliphatic heterocycles. The van der Waals surface area contributed by atoms with Crippen LogP contribution in [0.4, 0.5) is 0 Å². The highest BCUT2D eigenvalue weighted by Gasteiger charge is 2.14. The molecular formula is C19H24IN. The van der Waals surface area contributed by atoms with E-state index >= 15 is 0 Å². The van der Waals surface area contributed by atoms with Crippen LogP contribution < -0.4 is 5.32 Å². The predicted octanol–water partition coefficient (Wildman–Crippen LogP) is 5.27. The quantitative estimate of drug-likeness (QED) is 0.632. The lowest BCUT2D eigenvalue weighted by Gasteiger charge is -2.20. The number of nitrogens with one attached hydrogen (secondary N) is 1. The van der Waals surface area contributed by atoms with Crippen molar-refractivity contribution in [3.8, 4) is 0 Å². The Morgan fingerprint density at radius 3 is 2.52 bits per heavy atom. The molecule has 21 heavy (non-hydrogen) atoms. The fraction of sp³-hybridized carbons (Fsp3) is 0.368. The van der Waals surface area contributed by atoms with Gasteiger partial charge in [-0.2, -0.15) is 0 Å². The Bertz CT molecular complexity index is 551. The van der Waals surface area contributed by atoms with Gasteiger partial charge in [0.25, 0.3) is 0 Å². The highest BCUT2D eigenvalue weighted by Crippen LogP contribution is 2.26. The van der Waals surface area contributed by atoms with Gasteiger partial charge in [0.15, 0.2) is 0 Å². The molecule has 2 aromatic carbocycles. The summed E-state index contributed by atoms with van der Waals surface area (Å²) in [7, 11) is 0. The number of halogens is 1. The van der Waals surface area contributed by atoms with Gasteiger partial charge in [0.2, 0.25) is 0 Å². The molecule has 0 aliphatic carbocycles. The third kappa shape index (κ3) is 4.82. The lowest BCUT2D eigenvalue weighted by Crippen LogP contribution is -2.22. The Balaban J connectivity index is 2.00. The van der Waals surface area contributed by atoms with E-state index in [1.807, 2.05) is 0 Å². The summed E-state index contributed by atoms with van der Waals surface area (Å²) in [5.74, 6) is 0. The van der Waals surface area contributed by atoms with Gasteiger partial charge in [0.1, 0.15) is 0 Å². The Morgan fingerprint density at radius 2 is 1.81 bits per heavy atom. The molecule has 0 spiro atoms. The number of benzene rings is 2. The van der Waals surface area contributed by atoms with Gasteiger partial charge in [-0.1, -0.05) is 55.5 Å². The molecule has 0 saturated heterocycles. The third-order valence-corrected chi connectivity index (χ3v) is 5.32. The van der Waals surface area contributed by atoms with E-state index < -0.39 is 0 Å². The molecule has 0 amide bonds. The standard InChI is InChI=1S/C19H24IN/c1-3-21-18(17-13-7-9-15(2)19(17)20)14-8-12-16-10-5-4-6-11-16/h4-7,9-11,13,18,21H,3,8,12,14H2,1-2H3. The van der Waals surface area contributed by atoms with Crippen LogP contribution in [0.1, 0.15) is 42.5 Å². The maximum atomic E-state index is 3.65. The van der Waals surface area contributed by atoms with Gasteiger partial charge in [-0.25, -0.2) is 0 Å². The Kier molecular flexibility index (Phi) is 6.71. The molecule has 2 aromatic rings. The molecule has 1 N–H and O–H groups in total. The molecule has 2 rings (SSSR count). The first-order valence-electron chi connectivity index (χ1n) is 7.74. The summed E-state index contributed by atoms with van der Waals surface area (Å²) in [6.45, 7) is 5.39. The van der Waals surface area contributed by atoms with Crippen LogP contribution in [0.15, 0.2) is 48.5 Å². The minimum atomic E-state index is 0.463. The monoisotopic (exact) mass is 393 g/mol. The molecule has 2 heteroatoms. The molecule has 0 radical (unpaired) electrons. The van der Waals surface area contributed by atoms with Gasteiger partial charge in [-0.05, 0) is 72.0 Å². The van der Waals surface area contributed by atoms with Crippen molar-refractivity contribution in [2.75, 3.05) is 6.54 Å². The summed E-state index contributed by atoms with van der Waals surface area (Å²) in [5, 5.41) is 3.65. The fourth-order valence-corrected chi connectivity index (χ4v) is 3.44. The molecule has 112 valence electrons. The zero-order valence-corrected chi connectivity index (χ0v) is 15.1. The number of aryl methyl sites for hydroxylation is 2. The maximum absolute atomic E-state index is 3.65. The highest BCUT2D eigenvalue weighted by atomic mass is 127. The predicted molar refractivity (Wildman–Crippen MR) is 99.7 cm³/mol. The number of hydrogen-bond donors (Lipinski definition) is 1. The molecule has 1 atom stereocenters. The molecule has 1 unspecified atom stereocenters. The van der Waals surface area contributed by atoms with Crippen LogP contribution >= 0.6 is 22.6 Å². The van der Waals surface area contributed by atoms with Crippen molar-refractivity contribution >= 4 is 22.6 Å². The first-order chi connectivity index (χ1) is 10.2. The second-order valence-electron chi connectivity index (χ2n) is 5.47. The average molecular weight is 393 g/mol. The summed E-state index contributed by atoms with van der Waals surface area (Å²) >= 11 is 2.48. The summed E-state index contributed by atoms with van der Waals surface area (Å²) < 4.78 is 1.40. The smallest absolute Gasteiger partial charge is 0.0330 e. The largest absolute Gasteiger partial charge is 0.310 e. The van der Waals surface area contributed by atoms with Crippen LogP contribution in [-0.4, -0.2) is 6.54 Å². The maximum Gasteiger partial charge on any atom is 0.0330 e. The summed E-state index contributed by atoms with van der Waals surface area (Å²) in [6, 6.07) is 17.9. The zero-order valence-electron chi connectivity index (χ0n) is 12.9. The SMILES string of the molecule is CCNC(CCCc1ccccc1)c1cccc(C)c1I. The van der Waals surface area contributed by atoms with Crippen molar-refractivity contribution in [1.82, 2.24) is 5.32 Å². The van der Waals surface area contributed by atoms with E-state index in [4.69, 9.17) is 0 Å². The van der Waals surface area contributed by atoms with Crippen molar-refractivity contribution in [2.45, 2.75) is 39.2 Å². The van der Waals surface area contributed by atoms with Crippen LogP contribution in [0.3, 0.4) is 0 Å². The second kappa shape index (κ2) is 8.54. The van der Waals surface area contributed by atoms with Gasteiger partial charge in [0.05, 0.1) is 0 Å². The van der Waals surface area contributed by atoms with Gasteiger partial charge >= 0.3 is 0 Å². The van der Waals surface area contributed by atoms with Crippen LogP contribution in [0.5, 0.6) is 0 Å². The number of hydrogen-bond acceptors (Lipinski definition) is 1. The van der Waals surface area contributed by atoms with Crippen LogP contribution in [0.25, 0.3) is 0 Å². The first-order valence-corrected chi connectivity index (χ1v) is 8.82. The Hall–Kier alpha value is -0.870. The topological polar surface area (TPSA) is 12.0 Å². The summed E-state index contributed by atoms with van der Waals surface area (Å²) in [4.78, 5) is 0. The normalized spacial score (nSPS) is 12.3. The van der Waals surface area contributed by atoms with E-state index in [1.165, 1.54) is 33.1 Å². The molecule has 0 aromatic heterocycles. The van der Waals surface area contributed by atoms with E-state index in [1.54, 1.807) is 0 Å². The van der Waals surface area contributed by atoms with Crippen LogP contribution in [0, 0.1) is 10.5 Å². The average Bonchev–Trinajstić information content (AvgIpc) is 2.50. The van der Waals surface area contributed by atoms with E-state index in [0.717, 1.165) is 13.0 Å². The minimum Gasteiger partial charge on any atom is -0.310 e. The molecule has 0 aliphatic rings. The molecule has 0 saturated carbocycles. The molecule has 0 fully saturated rings. The first kappa shape index (κ1) is 16.5. The minimum absolute atomic E-state index is 0.463. The number of rotatable bonds is 7. The van der Waals surface area contributed by atoms with Crippen molar-refractivity contribution in [1.29, 1.82) is 0 Å². The van der Waals surface area contributed by atoms with E-state index in [9.17, 15) is 0 Å². The van der Waals surface area contributed by atoms with Gasteiger partial charge < -0.3 is 5.32 Å². The summed E-state index contributed by atoms with van der Waals surface area (Å²) in [5.41, 5.74) is 4.26. The van der Waals surface area contributed by atoms with Crippen molar-refractivity contribution in [3.63, 3.8) is 0 Å². The zero-order chi connectivity index (χ0) is 15.1. The molecule has 0 bridgehead atoms. The summed E-state index contributed by atoms with van der Waals surface area (Å²) in [6.07, 6.45) is 3.55. The van der Waals surface area contributed by atoms with Crippen molar-refractivity contribution in [2.24, 2.45) is 0 Å². The van der Waals surface area contributed by atoms with Gasteiger partial charge in [-0.15, -0.1) is 0 Å². The van der Waals surface area contributed by atoms with E-state index in [0.29, 0.717) is 6.04 Å². The molecule has 0 heterocycles. The van der Waals surface area contributed by atoms with E-state index in [2.05, 4.69) is 90.3 Å². The van der Waals surface area contributed by atoms with Crippen molar-refractivity contribution < 1.29 is 0 Å². The van der Waals surface area contributed by atoms with Crippen LogP contribution in [0.2, 0.25) is 0 Å². The lowest BCUT2D eigenvalue weighted by atomic mass is 9.98. The van der Waals surface area contributed by atoms with Gasteiger partial charge in [0, 0.05) is 9.61 Å². The Morgan fingerprint density at radius 1 is 1.05 bits per heavy atom. The fourth-order valence-electron chi connectivity index (χ4n) is 2.71. The van der Waals surface area contributed by atoms with Crippen LogP contribution in [-0.2, 0) is 6.42 Å². The third-order valence-electron chi connectivity index (χ3n) is 3.85. The second-order valence-corrected chi connectivity index (χ2v) is 6.54. The van der Waals surface area contributed by atoms with Crippen molar-refractivity contribution in [3.05, 3.63) is 68.8 Å². The van der Waals surface area contributed by atoms with Gasteiger partial charge in [-0.3, -0.25) is 0 Å². The Labute approximate surface area is 142 Å². The molecular weight excluding hydrogens is 369 g/mol. The lowest BCUT2D eigenvalue weighted by molar-refractivity contribution is 0.496. The molecule has 1 nitrogen and oxygen atoms in total.